The highest BCUT2D eigenvalue weighted by atomic mass is 16.5. The number of carbonyl (C=O) groups is 1. The Hall–Kier alpha value is -2.25. The number of carbonyl (C=O) groups excluding carboxylic acids is 1. The number of aryl methyl sites for hydroxylation is 1. The lowest BCUT2D eigenvalue weighted by atomic mass is 10.4. The molecule has 1 fully saturated rings. The summed E-state index contributed by atoms with van der Waals surface area (Å²) >= 11 is 0. The summed E-state index contributed by atoms with van der Waals surface area (Å²) in [6.07, 6.45) is 2.21. The van der Waals surface area contributed by atoms with E-state index in [4.69, 9.17) is 4.52 Å². The van der Waals surface area contributed by atoms with Gasteiger partial charge in [-0.05, 0) is 25.0 Å². The van der Waals surface area contributed by atoms with Gasteiger partial charge in [0.05, 0.1) is 0 Å². The van der Waals surface area contributed by atoms with Gasteiger partial charge in [0.1, 0.15) is 12.3 Å². The summed E-state index contributed by atoms with van der Waals surface area (Å²) in [6.45, 7) is 1.77. The molecule has 0 saturated heterocycles. The molecular formula is C10H12N6O2. The van der Waals surface area contributed by atoms with Gasteiger partial charge in [0.15, 0.2) is 11.6 Å². The molecule has 0 aromatic carbocycles. The number of aromatic nitrogens is 5. The first-order valence-corrected chi connectivity index (χ1v) is 5.71. The maximum atomic E-state index is 11.7. The Morgan fingerprint density at radius 1 is 1.61 bits per heavy atom. The first-order chi connectivity index (χ1) is 8.70. The molecule has 94 valence electrons. The number of rotatable bonds is 4. The number of tetrazole rings is 1. The third-order valence-corrected chi connectivity index (χ3v) is 2.59. The molecule has 2 aromatic rings. The van der Waals surface area contributed by atoms with Gasteiger partial charge in [-0.2, -0.15) is 4.80 Å². The molecule has 1 aliphatic rings. The summed E-state index contributed by atoms with van der Waals surface area (Å²) in [4.78, 5) is 13.0. The summed E-state index contributed by atoms with van der Waals surface area (Å²) in [5.74, 6) is 1.92. The van der Waals surface area contributed by atoms with E-state index in [9.17, 15) is 4.79 Å². The monoisotopic (exact) mass is 248 g/mol. The van der Waals surface area contributed by atoms with Crippen molar-refractivity contribution in [3.63, 3.8) is 0 Å². The van der Waals surface area contributed by atoms with Crippen LogP contribution in [0, 0.1) is 6.92 Å². The highest BCUT2D eigenvalue weighted by Gasteiger charge is 2.28. The Bertz CT molecular complexity index is 570. The minimum absolute atomic E-state index is 0.0195. The highest BCUT2D eigenvalue weighted by Crippen LogP contribution is 2.37. The van der Waals surface area contributed by atoms with Crippen molar-refractivity contribution in [2.45, 2.75) is 32.2 Å². The fourth-order valence-electron chi connectivity index (χ4n) is 1.56. The van der Waals surface area contributed by atoms with E-state index in [1.54, 1.807) is 13.0 Å². The molecule has 18 heavy (non-hydrogen) atoms. The van der Waals surface area contributed by atoms with Gasteiger partial charge in [-0.25, -0.2) is 0 Å². The molecule has 1 N–H and O–H groups in total. The predicted octanol–water partition coefficient (Wildman–Crippen LogP) is 0.486. The van der Waals surface area contributed by atoms with Crippen LogP contribution in [-0.4, -0.2) is 31.3 Å². The molecule has 0 spiro atoms. The van der Waals surface area contributed by atoms with E-state index < -0.39 is 0 Å². The fourth-order valence-corrected chi connectivity index (χ4v) is 1.56. The largest absolute Gasteiger partial charge is 0.360 e. The molecule has 0 aliphatic heterocycles. The lowest BCUT2D eigenvalue weighted by Gasteiger charge is -1.98. The van der Waals surface area contributed by atoms with Crippen LogP contribution in [-0.2, 0) is 11.3 Å². The van der Waals surface area contributed by atoms with E-state index in [1.807, 2.05) is 0 Å². The van der Waals surface area contributed by atoms with Crippen LogP contribution in [0.25, 0.3) is 0 Å². The Labute approximate surface area is 102 Å². The third kappa shape index (κ3) is 2.36. The molecule has 2 aromatic heterocycles. The van der Waals surface area contributed by atoms with Crippen LogP contribution >= 0.6 is 0 Å². The number of amides is 1. The van der Waals surface area contributed by atoms with Crippen LogP contribution in [0.15, 0.2) is 10.6 Å². The van der Waals surface area contributed by atoms with Crippen LogP contribution in [0.3, 0.4) is 0 Å². The van der Waals surface area contributed by atoms with E-state index >= 15 is 0 Å². The summed E-state index contributed by atoms with van der Waals surface area (Å²) in [5, 5.41) is 18.2. The summed E-state index contributed by atoms with van der Waals surface area (Å²) in [7, 11) is 0. The van der Waals surface area contributed by atoms with Gasteiger partial charge in [0.2, 0.25) is 5.91 Å². The van der Waals surface area contributed by atoms with E-state index in [1.165, 1.54) is 4.80 Å². The van der Waals surface area contributed by atoms with Gasteiger partial charge in [-0.1, -0.05) is 5.16 Å². The Kier molecular flexibility index (Phi) is 2.54. The zero-order chi connectivity index (χ0) is 12.5. The standard InChI is InChI=1S/C10H12N6O2/c1-6-4-8(14-18-6)11-9(17)5-16-13-10(12-15-16)7-2-3-7/h4,7H,2-3,5H2,1H3,(H,11,14,17). The van der Waals surface area contributed by atoms with Crippen LogP contribution in [0.2, 0.25) is 0 Å². The van der Waals surface area contributed by atoms with E-state index in [0.29, 0.717) is 17.5 Å². The van der Waals surface area contributed by atoms with Crippen molar-refractivity contribution >= 4 is 11.7 Å². The minimum Gasteiger partial charge on any atom is -0.360 e. The van der Waals surface area contributed by atoms with E-state index in [2.05, 4.69) is 25.9 Å². The van der Waals surface area contributed by atoms with Crippen molar-refractivity contribution in [3.8, 4) is 0 Å². The normalized spacial score (nSPS) is 14.7. The Morgan fingerprint density at radius 2 is 2.44 bits per heavy atom. The second-order valence-corrected chi connectivity index (χ2v) is 4.32. The summed E-state index contributed by atoms with van der Waals surface area (Å²) in [6, 6.07) is 1.64. The summed E-state index contributed by atoms with van der Waals surface area (Å²) < 4.78 is 4.84. The lowest BCUT2D eigenvalue weighted by Crippen LogP contribution is -2.20. The van der Waals surface area contributed by atoms with Crippen molar-refractivity contribution in [1.82, 2.24) is 25.4 Å². The summed E-state index contributed by atoms with van der Waals surface area (Å²) in [5.41, 5.74) is 0. The van der Waals surface area contributed by atoms with E-state index in [0.717, 1.165) is 18.7 Å². The maximum absolute atomic E-state index is 11.7. The Balaban J connectivity index is 1.59. The van der Waals surface area contributed by atoms with Crippen LogP contribution in [0.4, 0.5) is 5.82 Å². The first-order valence-electron chi connectivity index (χ1n) is 5.71. The molecule has 2 heterocycles. The lowest BCUT2D eigenvalue weighted by molar-refractivity contribution is -0.117. The van der Waals surface area contributed by atoms with Gasteiger partial charge in [-0.3, -0.25) is 4.79 Å². The fraction of sp³-hybridized carbons (Fsp3) is 0.500. The topological polar surface area (TPSA) is 98.7 Å². The maximum Gasteiger partial charge on any atom is 0.249 e. The molecule has 1 aliphatic carbocycles. The number of nitrogens with zero attached hydrogens (tertiary/aromatic N) is 5. The van der Waals surface area contributed by atoms with Crippen molar-refractivity contribution in [1.29, 1.82) is 0 Å². The van der Waals surface area contributed by atoms with Crippen molar-refractivity contribution in [2.24, 2.45) is 0 Å². The molecule has 0 radical (unpaired) electrons. The number of anilines is 1. The number of nitrogens with one attached hydrogen (secondary N) is 1. The second kappa shape index (κ2) is 4.21. The van der Waals surface area contributed by atoms with E-state index in [-0.39, 0.29) is 12.5 Å². The predicted molar refractivity (Wildman–Crippen MR) is 59.7 cm³/mol. The van der Waals surface area contributed by atoms with Gasteiger partial charge < -0.3 is 9.84 Å². The molecule has 1 saturated carbocycles. The van der Waals surface area contributed by atoms with Crippen molar-refractivity contribution in [2.75, 3.05) is 5.32 Å². The third-order valence-electron chi connectivity index (χ3n) is 2.59. The quantitative estimate of drug-likeness (QED) is 0.845. The average Bonchev–Trinajstić information content (AvgIpc) is 2.95. The Morgan fingerprint density at radius 3 is 3.11 bits per heavy atom. The van der Waals surface area contributed by atoms with Crippen LogP contribution in [0.1, 0.15) is 30.3 Å². The molecule has 0 unspecified atom stereocenters. The molecule has 8 nitrogen and oxygen atoms in total. The molecular weight excluding hydrogens is 236 g/mol. The van der Waals surface area contributed by atoms with Crippen molar-refractivity contribution in [3.05, 3.63) is 17.7 Å². The molecule has 0 atom stereocenters. The van der Waals surface area contributed by atoms with Gasteiger partial charge in [0.25, 0.3) is 0 Å². The molecule has 1 amide bonds. The van der Waals surface area contributed by atoms with Gasteiger partial charge in [0, 0.05) is 12.0 Å². The van der Waals surface area contributed by atoms with Gasteiger partial charge in [-0.15, -0.1) is 10.2 Å². The molecule has 8 heteroatoms. The smallest absolute Gasteiger partial charge is 0.249 e. The van der Waals surface area contributed by atoms with Crippen LogP contribution in [0.5, 0.6) is 0 Å². The molecule has 3 rings (SSSR count). The zero-order valence-electron chi connectivity index (χ0n) is 9.83. The van der Waals surface area contributed by atoms with Gasteiger partial charge >= 0.3 is 0 Å². The molecule has 0 bridgehead atoms. The zero-order valence-corrected chi connectivity index (χ0v) is 9.83. The number of hydrogen-bond donors (Lipinski definition) is 1. The average molecular weight is 248 g/mol. The minimum atomic E-state index is -0.261. The second-order valence-electron chi connectivity index (χ2n) is 4.32. The van der Waals surface area contributed by atoms with Crippen molar-refractivity contribution < 1.29 is 9.32 Å². The first kappa shape index (κ1) is 10.9. The SMILES string of the molecule is Cc1cc(NC(=O)Cn2nnc(C3CC3)n2)no1. The number of hydrogen-bond acceptors (Lipinski definition) is 6. The van der Waals surface area contributed by atoms with Crippen LogP contribution < -0.4 is 5.32 Å². The highest BCUT2D eigenvalue weighted by molar-refractivity contribution is 5.89.